The molecular weight excluding hydrogens is 689 g/mol. The van der Waals surface area contributed by atoms with Crippen molar-refractivity contribution in [1.29, 1.82) is 0 Å². The minimum Gasteiger partial charge on any atom is -0.0623 e. The fourth-order valence-electron chi connectivity index (χ4n) is 11.1. The van der Waals surface area contributed by atoms with Crippen LogP contribution in [0.2, 0.25) is 0 Å². The molecule has 1 aliphatic carbocycles. The molecule has 9 aromatic carbocycles. The van der Waals surface area contributed by atoms with E-state index in [2.05, 4.69) is 196 Å². The van der Waals surface area contributed by atoms with Crippen LogP contribution in [0.3, 0.4) is 0 Å². The van der Waals surface area contributed by atoms with Crippen LogP contribution in [0.25, 0.3) is 77.2 Å². The highest BCUT2D eigenvalue weighted by molar-refractivity contribution is 7.05. The Hall–Kier alpha value is -6.28. The van der Waals surface area contributed by atoms with Crippen molar-refractivity contribution in [3.63, 3.8) is 0 Å². The first-order chi connectivity index (χ1) is 27.5. The molecular formula is C55H40Si. The van der Waals surface area contributed by atoms with Gasteiger partial charge in [-0.3, -0.25) is 0 Å². The summed E-state index contributed by atoms with van der Waals surface area (Å²) in [4.78, 5) is 0. The van der Waals surface area contributed by atoms with Crippen molar-refractivity contribution >= 4 is 40.0 Å². The summed E-state index contributed by atoms with van der Waals surface area (Å²) in [6, 6.07) is 71.9. The monoisotopic (exact) mass is 728 g/mol. The van der Waals surface area contributed by atoms with Gasteiger partial charge in [0.1, 0.15) is 8.07 Å². The van der Waals surface area contributed by atoms with Gasteiger partial charge in [-0.25, -0.2) is 0 Å². The van der Waals surface area contributed by atoms with Crippen LogP contribution in [0.1, 0.15) is 36.1 Å². The normalized spacial score (nSPS) is 15.1. The quantitative estimate of drug-likeness (QED) is 0.126. The fourth-order valence-corrected chi connectivity index (χ4v) is 16.5. The van der Waals surface area contributed by atoms with E-state index in [0.717, 1.165) is 0 Å². The molecule has 56 heavy (non-hydrogen) atoms. The summed E-state index contributed by atoms with van der Waals surface area (Å²) < 4.78 is 0. The maximum absolute atomic E-state index is 2.56. The first kappa shape index (κ1) is 32.0. The number of hydrogen-bond donors (Lipinski definition) is 0. The Morgan fingerprint density at radius 2 is 0.911 bits per heavy atom. The van der Waals surface area contributed by atoms with Gasteiger partial charge in [0.15, 0.2) is 0 Å². The molecule has 1 heteroatoms. The lowest BCUT2D eigenvalue weighted by Gasteiger charge is -2.24. The maximum Gasteiger partial charge on any atom is 0.128 e. The average molecular weight is 729 g/mol. The molecule has 0 aromatic heterocycles. The second-order valence-electron chi connectivity index (χ2n) is 16.9. The van der Waals surface area contributed by atoms with E-state index in [0.29, 0.717) is 0 Å². The standard InChI is InChI=1S/C55H40Si/c1-55(2)49-22-12-10-18-41(49)42-27-25-38(32-50(42)55)54-45-21-9-8-20-44(45)53(46-28-24-36(30-48(46)54)35-14-4-3-5-15-35)37-26-29-52-47(31-37)43-19-11-13-23-51(43)56(52)33-39-16-6-7-17-40(39)34-56/h3-32H,33-34H2,1-2H3. The van der Waals surface area contributed by atoms with Crippen molar-refractivity contribution in [2.75, 3.05) is 0 Å². The Kier molecular flexibility index (Phi) is 6.64. The zero-order chi connectivity index (χ0) is 37.2. The molecule has 0 saturated carbocycles. The maximum atomic E-state index is 2.56. The van der Waals surface area contributed by atoms with E-state index in [9.17, 15) is 0 Å². The van der Waals surface area contributed by atoms with Gasteiger partial charge < -0.3 is 0 Å². The third-order valence-electron chi connectivity index (χ3n) is 13.7. The molecule has 0 saturated heterocycles. The largest absolute Gasteiger partial charge is 0.128 e. The zero-order valence-electron chi connectivity index (χ0n) is 31.7. The minimum atomic E-state index is -1.99. The molecule has 3 aliphatic rings. The van der Waals surface area contributed by atoms with Gasteiger partial charge in [-0.15, -0.1) is 0 Å². The third kappa shape index (κ3) is 4.35. The van der Waals surface area contributed by atoms with Gasteiger partial charge in [-0.1, -0.05) is 178 Å². The van der Waals surface area contributed by atoms with Crippen LogP contribution in [0.4, 0.5) is 0 Å². The van der Waals surface area contributed by atoms with Gasteiger partial charge in [0, 0.05) is 5.41 Å². The number of hydrogen-bond acceptors (Lipinski definition) is 0. The summed E-state index contributed by atoms with van der Waals surface area (Å²) in [5, 5.41) is 8.42. The lowest BCUT2D eigenvalue weighted by molar-refractivity contribution is 0.660. The Balaban J connectivity index is 1.12. The summed E-state index contributed by atoms with van der Waals surface area (Å²) in [6.07, 6.45) is 0. The van der Waals surface area contributed by atoms with Gasteiger partial charge >= 0.3 is 0 Å². The first-order valence-corrected chi connectivity index (χ1v) is 22.5. The van der Waals surface area contributed by atoms with Gasteiger partial charge in [0.25, 0.3) is 0 Å². The van der Waals surface area contributed by atoms with E-state index in [1.165, 1.54) is 100 Å². The molecule has 2 heterocycles. The van der Waals surface area contributed by atoms with E-state index in [-0.39, 0.29) is 5.41 Å². The van der Waals surface area contributed by atoms with Crippen LogP contribution in [-0.2, 0) is 17.5 Å². The Labute approximate surface area is 329 Å². The molecule has 0 unspecified atom stereocenters. The molecule has 2 aliphatic heterocycles. The van der Waals surface area contributed by atoms with Crippen LogP contribution in [0.15, 0.2) is 182 Å². The SMILES string of the molecule is CC1(C)c2ccccc2-c2ccc(-c3c4ccccc4c(-c4ccc5c(c4)-c4ccccc4[Si]54Cc5ccccc5C4)c4ccc(-c5ccccc5)cc34)cc21. The van der Waals surface area contributed by atoms with E-state index in [4.69, 9.17) is 0 Å². The van der Waals surface area contributed by atoms with Crippen LogP contribution in [0, 0.1) is 0 Å². The van der Waals surface area contributed by atoms with Crippen molar-refractivity contribution in [2.24, 2.45) is 0 Å². The Morgan fingerprint density at radius 3 is 1.70 bits per heavy atom. The molecule has 0 fully saturated rings. The number of rotatable bonds is 3. The predicted octanol–water partition coefficient (Wildman–Crippen LogP) is 12.7. The molecule has 9 aromatic rings. The van der Waals surface area contributed by atoms with E-state index >= 15 is 0 Å². The second-order valence-corrected chi connectivity index (χ2v) is 20.8. The molecule has 12 rings (SSSR count). The molecule has 0 bridgehead atoms. The molecule has 0 nitrogen and oxygen atoms in total. The summed E-state index contributed by atoms with van der Waals surface area (Å²) in [5.41, 5.74) is 19.1. The number of fused-ring (bicyclic) bond motifs is 11. The topological polar surface area (TPSA) is 0 Å². The summed E-state index contributed by atoms with van der Waals surface area (Å²) in [7, 11) is -1.99. The van der Waals surface area contributed by atoms with Crippen molar-refractivity contribution in [2.45, 2.75) is 31.4 Å². The minimum absolute atomic E-state index is 0.0786. The van der Waals surface area contributed by atoms with Crippen molar-refractivity contribution in [3.8, 4) is 55.6 Å². The van der Waals surface area contributed by atoms with E-state index in [1.807, 2.05) is 0 Å². The molecule has 1 spiro atoms. The lowest BCUT2D eigenvalue weighted by Crippen LogP contribution is -2.57. The van der Waals surface area contributed by atoms with Crippen molar-refractivity contribution in [1.82, 2.24) is 0 Å². The molecule has 0 N–H and O–H groups in total. The smallest absolute Gasteiger partial charge is 0.0623 e. The van der Waals surface area contributed by atoms with Gasteiger partial charge in [0.2, 0.25) is 0 Å². The van der Waals surface area contributed by atoms with Gasteiger partial charge in [-0.05, 0) is 140 Å². The highest BCUT2D eigenvalue weighted by atomic mass is 28.3. The zero-order valence-corrected chi connectivity index (χ0v) is 32.7. The van der Waals surface area contributed by atoms with Crippen molar-refractivity contribution in [3.05, 3.63) is 204 Å². The summed E-state index contributed by atoms with van der Waals surface area (Å²) in [6.45, 7) is 4.77. The van der Waals surface area contributed by atoms with Gasteiger partial charge in [-0.2, -0.15) is 0 Å². The van der Waals surface area contributed by atoms with Crippen LogP contribution >= 0.6 is 0 Å². The second kappa shape index (κ2) is 11.6. The first-order valence-electron chi connectivity index (χ1n) is 20.1. The molecule has 264 valence electrons. The highest BCUT2D eigenvalue weighted by Gasteiger charge is 2.49. The summed E-state index contributed by atoms with van der Waals surface area (Å²) in [5.74, 6) is 0. The predicted molar refractivity (Wildman–Crippen MR) is 240 cm³/mol. The van der Waals surface area contributed by atoms with E-state index < -0.39 is 8.07 Å². The molecule has 0 amide bonds. The third-order valence-corrected chi connectivity index (χ3v) is 18.6. The molecule has 0 radical (unpaired) electrons. The van der Waals surface area contributed by atoms with Crippen molar-refractivity contribution < 1.29 is 0 Å². The van der Waals surface area contributed by atoms with Crippen LogP contribution in [0.5, 0.6) is 0 Å². The molecule has 0 atom stereocenters. The fraction of sp³-hybridized carbons (Fsp3) is 0.0909. The lowest BCUT2D eigenvalue weighted by atomic mass is 9.80. The van der Waals surface area contributed by atoms with Crippen LogP contribution < -0.4 is 10.4 Å². The van der Waals surface area contributed by atoms with Gasteiger partial charge in [0.05, 0.1) is 0 Å². The number of benzene rings is 9. The Morgan fingerprint density at radius 1 is 0.357 bits per heavy atom. The average Bonchev–Trinajstić information content (AvgIpc) is 3.85. The summed E-state index contributed by atoms with van der Waals surface area (Å²) >= 11 is 0. The van der Waals surface area contributed by atoms with E-state index in [1.54, 1.807) is 21.5 Å². The van der Waals surface area contributed by atoms with Crippen LogP contribution in [-0.4, -0.2) is 8.07 Å². The highest BCUT2D eigenvalue weighted by Crippen LogP contribution is 2.52. The Bertz CT molecular complexity index is 3090.